The maximum absolute atomic E-state index is 13.2. The zero-order valence-electron chi connectivity index (χ0n) is 12.3. The molecule has 22 heavy (non-hydrogen) atoms. The minimum atomic E-state index is -4.26. The van der Waals surface area contributed by atoms with E-state index < -0.39 is 23.0 Å². The zero-order chi connectivity index (χ0) is 16.2. The van der Waals surface area contributed by atoms with Gasteiger partial charge in [0, 0.05) is 45.2 Å². The van der Waals surface area contributed by atoms with Crippen molar-refractivity contribution in [2.45, 2.75) is 12.6 Å². The van der Waals surface area contributed by atoms with Crippen LogP contribution in [0.3, 0.4) is 0 Å². The molecule has 0 spiro atoms. The maximum atomic E-state index is 13.2. The molecule has 3 amide bonds. The van der Waals surface area contributed by atoms with Crippen molar-refractivity contribution in [2.75, 3.05) is 46.3 Å². The van der Waals surface area contributed by atoms with Crippen LogP contribution in [0.1, 0.15) is 6.42 Å². The first-order chi connectivity index (χ1) is 10.2. The fourth-order valence-electron chi connectivity index (χ4n) is 3.61. The Hall–Kier alpha value is -1.51. The summed E-state index contributed by atoms with van der Waals surface area (Å²) >= 11 is 0. The molecule has 1 saturated carbocycles. The van der Waals surface area contributed by atoms with Crippen molar-refractivity contribution in [3.05, 3.63) is 0 Å². The number of urea groups is 1. The standard InChI is InChI=1S/C13H19F3N4O2/c1-19-2-3-20(4-9(19)21)10(22)18-7-11-5-12(11,8-17-6-11)13(14,15)16/h17H,2-8H2,1H3,(H,18,22)/t11-,12-/m1/s1. The highest BCUT2D eigenvalue weighted by molar-refractivity contribution is 5.85. The Morgan fingerprint density at radius 3 is 2.68 bits per heavy atom. The molecule has 0 unspecified atom stereocenters. The molecule has 2 saturated heterocycles. The molecule has 6 nitrogen and oxygen atoms in total. The van der Waals surface area contributed by atoms with E-state index in [9.17, 15) is 22.8 Å². The fourth-order valence-corrected chi connectivity index (χ4v) is 3.61. The molecular weight excluding hydrogens is 301 g/mol. The first-order valence-electron chi connectivity index (χ1n) is 7.25. The van der Waals surface area contributed by atoms with Crippen LogP contribution < -0.4 is 10.6 Å². The molecule has 2 heterocycles. The first kappa shape index (κ1) is 15.4. The molecule has 1 aliphatic carbocycles. The van der Waals surface area contributed by atoms with Crippen LogP contribution in [0.2, 0.25) is 0 Å². The van der Waals surface area contributed by atoms with E-state index in [0.29, 0.717) is 13.1 Å². The largest absolute Gasteiger partial charge is 0.396 e. The predicted octanol–water partition coefficient (Wildman–Crippen LogP) is 0.0120. The number of carbonyl (C=O) groups excluding carboxylic acids is 2. The SMILES string of the molecule is CN1CCN(C(=O)NC[C@@]23CNC[C@]2(C(F)(F)F)C3)CC1=O. The Balaban J connectivity index is 1.58. The number of alkyl halides is 3. The highest BCUT2D eigenvalue weighted by Gasteiger charge is 2.81. The molecule has 3 fully saturated rings. The van der Waals surface area contributed by atoms with Gasteiger partial charge in [-0.25, -0.2) is 4.79 Å². The minimum Gasteiger partial charge on any atom is -0.342 e. The van der Waals surface area contributed by atoms with Gasteiger partial charge in [0.05, 0.1) is 5.41 Å². The summed E-state index contributed by atoms with van der Waals surface area (Å²) in [7, 11) is 1.66. The number of nitrogens with zero attached hydrogens (tertiary/aromatic N) is 2. The fraction of sp³-hybridized carbons (Fsp3) is 0.846. The minimum absolute atomic E-state index is 0.0150. The molecule has 2 aliphatic heterocycles. The van der Waals surface area contributed by atoms with Crippen LogP contribution in [0.5, 0.6) is 0 Å². The van der Waals surface area contributed by atoms with Gasteiger partial charge in [-0.1, -0.05) is 0 Å². The van der Waals surface area contributed by atoms with Crippen molar-refractivity contribution in [3.63, 3.8) is 0 Å². The molecule has 2 atom stereocenters. The monoisotopic (exact) mass is 320 g/mol. The number of fused-ring (bicyclic) bond motifs is 1. The Bertz CT molecular complexity index is 512. The number of rotatable bonds is 2. The molecule has 0 radical (unpaired) electrons. The van der Waals surface area contributed by atoms with Gasteiger partial charge in [-0.3, -0.25) is 4.79 Å². The van der Waals surface area contributed by atoms with Gasteiger partial charge in [0.2, 0.25) is 5.91 Å². The number of hydrogen-bond donors (Lipinski definition) is 2. The van der Waals surface area contributed by atoms with E-state index in [-0.39, 0.29) is 38.5 Å². The molecule has 124 valence electrons. The van der Waals surface area contributed by atoms with E-state index in [4.69, 9.17) is 0 Å². The highest BCUT2D eigenvalue weighted by Crippen LogP contribution is 2.72. The van der Waals surface area contributed by atoms with Crippen LogP contribution >= 0.6 is 0 Å². The van der Waals surface area contributed by atoms with Crippen molar-refractivity contribution < 1.29 is 22.8 Å². The van der Waals surface area contributed by atoms with E-state index in [0.717, 1.165) is 0 Å². The lowest BCUT2D eigenvalue weighted by Gasteiger charge is -2.32. The van der Waals surface area contributed by atoms with E-state index in [2.05, 4.69) is 10.6 Å². The van der Waals surface area contributed by atoms with Gasteiger partial charge in [-0.15, -0.1) is 0 Å². The van der Waals surface area contributed by atoms with Crippen LogP contribution in [0.15, 0.2) is 0 Å². The quantitative estimate of drug-likeness (QED) is 0.753. The summed E-state index contributed by atoms with van der Waals surface area (Å²) in [6.45, 7) is 0.958. The van der Waals surface area contributed by atoms with E-state index in [1.807, 2.05) is 0 Å². The Kier molecular flexibility index (Phi) is 3.32. The molecule has 0 bridgehead atoms. The summed E-state index contributed by atoms with van der Waals surface area (Å²) < 4.78 is 39.6. The summed E-state index contributed by atoms with van der Waals surface area (Å²) in [6.07, 6.45) is -4.20. The predicted molar refractivity (Wildman–Crippen MR) is 71.0 cm³/mol. The van der Waals surface area contributed by atoms with Gasteiger partial charge in [0.25, 0.3) is 0 Å². The van der Waals surface area contributed by atoms with E-state index in [1.54, 1.807) is 7.05 Å². The van der Waals surface area contributed by atoms with Gasteiger partial charge in [-0.05, 0) is 6.42 Å². The Morgan fingerprint density at radius 1 is 1.36 bits per heavy atom. The smallest absolute Gasteiger partial charge is 0.342 e. The van der Waals surface area contributed by atoms with Crippen LogP contribution in [0.25, 0.3) is 0 Å². The summed E-state index contributed by atoms with van der Waals surface area (Å²) in [6, 6.07) is -0.467. The second kappa shape index (κ2) is 4.74. The number of likely N-dealkylation sites (N-methyl/N-ethyl adjacent to an activating group) is 1. The number of piperazine rings is 1. The molecule has 0 aromatic rings. The van der Waals surface area contributed by atoms with Gasteiger partial charge in [0.15, 0.2) is 0 Å². The van der Waals surface area contributed by atoms with Crippen molar-refractivity contribution in [2.24, 2.45) is 10.8 Å². The second-order valence-corrected chi connectivity index (χ2v) is 6.54. The third kappa shape index (κ3) is 2.13. The highest BCUT2D eigenvalue weighted by atomic mass is 19.4. The number of piperidine rings is 1. The number of hydrogen-bond acceptors (Lipinski definition) is 3. The number of amides is 3. The van der Waals surface area contributed by atoms with Crippen LogP contribution in [0.4, 0.5) is 18.0 Å². The summed E-state index contributed by atoms with van der Waals surface area (Å²) in [5, 5.41) is 5.37. The van der Waals surface area contributed by atoms with Gasteiger partial charge in [-0.2, -0.15) is 13.2 Å². The van der Waals surface area contributed by atoms with Gasteiger partial charge >= 0.3 is 12.2 Å². The van der Waals surface area contributed by atoms with Crippen molar-refractivity contribution in [3.8, 4) is 0 Å². The molecular formula is C13H19F3N4O2. The maximum Gasteiger partial charge on any atom is 0.396 e. The Labute approximate surface area is 126 Å². The lowest BCUT2D eigenvalue weighted by Crippen LogP contribution is -2.54. The molecule has 9 heteroatoms. The topological polar surface area (TPSA) is 64.7 Å². The number of halogens is 3. The zero-order valence-corrected chi connectivity index (χ0v) is 12.3. The summed E-state index contributed by atoms with van der Waals surface area (Å²) in [4.78, 5) is 26.5. The van der Waals surface area contributed by atoms with Gasteiger partial charge in [0.1, 0.15) is 6.54 Å². The van der Waals surface area contributed by atoms with Crippen LogP contribution in [-0.4, -0.2) is 74.2 Å². The second-order valence-electron chi connectivity index (χ2n) is 6.54. The number of carbonyl (C=O) groups is 2. The van der Waals surface area contributed by atoms with Crippen molar-refractivity contribution in [1.82, 2.24) is 20.4 Å². The average molecular weight is 320 g/mol. The molecule has 3 rings (SSSR count). The average Bonchev–Trinajstić information content (AvgIpc) is 2.96. The van der Waals surface area contributed by atoms with Crippen molar-refractivity contribution in [1.29, 1.82) is 0 Å². The van der Waals surface area contributed by atoms with Crippen LogP contribution in [-0.2, 0) is 4.79 Å². The van der Waals surface area contributed by atoms with Crippen LogP contribution in [0, 0.1) is 10.8 Å². The van der Waals surface area contributed by atoms with Gasteiger partial charge < -0.3 is 20.4 Å². The lowest BCUT2D eigenvalue weighted by atomic mass is 9.95. The van der Waals surface area contributed by atoms with Crippen molar-refractivity contribution >= 4 is 11.9 Å². The third-order valence-corrected chi connectivity index (χ3v) is 5.29. The Morgan fingerprint density at radius 2 is 2.09 bits per heavy atom. The summed E-state index contributed by atoms with van der Waals surface area (Å²) in [5.74, 6) is -0.168. The molecule has 0 aromatic heterocycles. The third-order valence-electron chi connectivity index (χ3n) is 5.29. The summed E-state index contributed by atoms with van der Waals surface area (Å²) in [5.41, 5.74) is -2.64. The first-order valence-corrected chi connectivity index (χ1v) is 7.25. The van der Waals surface area contributed by atoms with E-state index in [1.165, 1.54) is 9.80 Å². The number of nitrogens with one attached hydrogen (secondary N) is 2. The molecule has 0 aromatic carbocycles. The normalized spacial score (nSPS) is 34.6. The lowest BCUT2D eigenvalue weighted by molar-refractivity contribution is -0.190. The molecule has 2 N–H and O–H groups in total. The van der Waals surface area contributed by atoms with E-state index >= 15 is 0 Å². The molecule has 3 aliphatic rings.